The zero-order valence-corrected chi connectivity index (χ0v) is 23.4. The van der Waals surface area contributed by atoms with Crippen LogP contribution in [0, 0.1) is 5.92 Å². The molecule has 42 heavy (non-hydrogen) atoms. The summed E-state index contributed by atoms with van der Waals surface area (Å²) in [5.74, 6) is -1.59. The quantitative estimate of drug-likeness (QED) is 0.458. The number of alkyl halides is 7. The highest BCUT2D eigenvalue weighted by atomic mass is 32.2. The molecule has 1 amide bonds. The van der Waals surface area contributed by atoms with Crippen molar-refractivity contribution in [1.29, 1.82) is 0 Å². The van der Waals surface area contributed by atoms with Crippen LogP contribution in [0.5, 0.6) is 0 Å². The second kappa shape index (κ2) is 9.89. The molecule has 1 aromatic heterocycles. The number of amides is 1. The van der Waals surface area contributed by atoms with Gasteiger partial charge in [0.1, 0.15) is 14.6 Å². The highest BCUT2D eigenvalue weighted by Crippen LogP contribution is 2.56. The summed E-state index contributed by atoms with van der Waals surface area (Å²) < 4.78 is 146. The topological polar surface area (TPSA) is 101 Å². The molecule has 2 saturated heterocycles. The molecule has 2 aromatic rings. The molecule has 0 saturated carbocycles. The van der Waals surface area contributed by atoms with Crippen LogP contribution in [0.15, 0.2) is 47.4 Å². The molecule has 16 heteroatoms. The number of fused-ring (bicyclic) bond motifs is 3. The molecule has 3 heterocycles. The van der Waals surface area contributed by atoms with E-state index in [4.69, 9.17) is 0 Å². The lowest BCUT2D eigenvalue weighted by atomic mass is 9.80. The van der Waals surface area contributed by atoms with Crippen molar-refractivity contribution in [3.05, 3.63) is 59.4 Å². The predicted octanol–water partition coefficient (Wildman–Crippen LogP) is 4.41. The van der Waals surface area contributed by atoms with Crippen molar-refractivity contribution in [3.8, 4) is 0 Å². The van der Waals surface area contributed by atoms with Crippen LogP contribution in [0.2, 0.25) is 0 Å². The third-order valence-electron chi connectivity index (χ3n) is 8.58. The summed E-state index contributed by atoms with van der Waals surface area (Å²) in [6, 6.07) is 6.88. The van der Waals surface area contributed by atoms with Gasteiger partial charge >= 0.3 is 18.0 Å². The average molecular weight is 643 g/mol. The fraction of sp³-hybridized carbons (Fsp3) is 0.538. The molecule has 0 spiro atoms. The first-order valence-electron chi connectivity index (χ1n) is 13.0. The van der Waals surface area contributed by atoms with Crippen LogP contribution in [0.1, 0.15) is 42.6 Å². The average Bonchev–Trinajstić information content (AvgIpc) is 3.33. The van der Waals surface area contributed by atoms with Gasteiger partial charge in [0.05, 0.1) is 28.1 Å². The number of nitrogens with zero attached hydrogens (tertiary/aromatic N) is 2. The van der Waals surface area contributed by atoms with Crippen LogP contribution in [0.25, 0.3) is 0 Å². The first-order valence-corrected chi connectivity index (χ1v) is 16.3. The Bertz CT molecular complexity index is 1580. The lowest BCUT2D eigenvalue weighted by Gasteiger charge is -2.43. The van der Waals surface area contributed by atoms with Gasteiger partial charge in [0, 0.05) is 18.2 Å². The second-order valence-corrected chi connectivity index (χ2v) is 15.3. The monoisotopic (exact) mass is 642 g/mol. The normalized spacial score (nSPS) is 25.1. The Balaban J connectivity index is 1.64. The first-order chi connectivity index (χ1) is 19.4. The number of carbonyl (C=O) groups excluding carboxylic acids is 1. The smallest absolute Gasteiger partial charge is 0.337 e. The summed E-state index contributed by atoms with van der Waals surface area (Å²) in [5.41, 5.74) is -8.38. The standard InChI is InChI=1S/C26H25F7N2O5S2/c27-24(25(28,29)30,26(31,32)33)20-8-6-18-19(34-20)7-9-21-23(18,42(39,40)17-4-2-1-3-5-17)12-13-35(21)22(36)16-10-14-41(37,38)15-11-16/h1-6,8,16,21H,7,9-15H2. The second-order valence-electron chi connectivity index (χ2n) is 10.8. The van der Waals surface area contributed by atoms with Crippen molar-refractivity contribution in [1.82, 2.24) is 9.88 Å². The summed E-state index contributed by atoms with van der Waals surface area (Å²) in [7, 11) is -7.77. The maximum Gasteiger partial charge on any atom is 0.437 e. The van der Waals surface area contributed by atoms with Gasteiger partial charge in [0.2, 0.25) is 5.91 Å². The van der Waals surface area contributed by atoms with E-state index in [2.05, 4.69) is 4.98 Å². The van der Waals surface area contributed by atoms with Crippen molar-refractivity contribution in [2.75, 3.05) is 18.1 Å². The van der Waals surface area contributed by atoms with Crippen molar-refractivity contribution in [2.45, 2.75) is 65.8 Å². The molecular weight excluding hydrogens is 617 g/mol. The van der Waals surface area contributed by atoms with Crippen LogP contribution in [-0.4, -0.2) is 69.1 Å². The Kier molecular flexibility index (Phi) is 7.23. The molecule has 2 unspecified atom stereocenters. The number of carbonyl (C=O) groups is 1. The molecule has 1 aliphatic carbocycles. The number of pyridine rings is 1. The van der Waals surface area contributed by atoms with Gasteiger partial charge in [0.15, 0.2) is 9.84 Å². The number of rotatable bonds is 4. The Morgan fingerprint density at radius 3 is 2.07 bits per heavy atom. The lowest BCUT2D eigenvalue weighted by Crippen LogP contribution is -2.54. The minimum Gasteiger partial charge on any atom is -0.337 e. The highest BCUT2D eigenvalue weighted by molar-refractivity contribution is 7.92. The number of halogens is 7. The molecule has 2 aliphatic heterocycles. The van der Waals surface area contributed by atoms with Crippen LogP contribution in [0.3, 0.4) is 0 Å². The summed E-state index contributed by atoms with van der Waals surface area (Å²) in [6.07, 6.45) is -13.5. The van der Waals surface area contributed by atoms with Gasteiger partial charge in [-0.2, -0.15) is 26.3 Å². The SMILES string of the molecule is O=C(C1CCS(=O)(=O)CC1)N1CCC2(S(=O)(=O)c3ccccc3)c3ccc(C(F)(C(F)(F)F)C(F)(F)F)nc3CCC12. The van der Waals surface area contributed by atoms with Crippen molar-refractivity contribution >= 4 is 25.6 Å². The van der Waals surface area contributed by atoms with Gasteiger partial charge in [-0.15, -0.1) is 0 Å². The number of likely N-dealkylation sites (tertiary alicyclic amines) is 1. The van der Waals surface area contributed by atoms with E-state index < -0.39 is 71.7 Å². The van der Waals surface area contributed by atoms with E-state index >= 15 is 0 Å². The zero-order chi connectivity index (χ0) is 30.9. The molecule has 230 valence electrons. The van der Waals surface area contributed by atoms with Crippen LogP contribution < -0.4 is 0 Å². The third kappa shape index (κ3) is 4.50. The van der Waals surface area contributed by atoms with E-state index in [0.717, 1.165) is 6.07 Å². The third-order valence-corrected chi connectivity index (χ3v) is 12.8. The van der Waals surface area contributed by atoms with E-state index in [0.29, 0.717) is 0 Å². The van der Waals surface area contributed by atoms with E-state index in [1.165, 1.54) is 29.2 Å². The Labute approximate surface area is 236 Å². The Morgan fingerprint density at radius 2 is 1.50 bits per heavy atom. The molecule has 1 aromatic carbocycles. The zero-order valence-electron chi connectivity index (χ0n) is 21.8. The number of aromatic nitrogens is 1. The van der Waals surface area contributed by atoms with Crippen molar-refractivity contribution in [3.63, 3.8) is 0 Å². The molecule has 2 atom stereocenters. The minimum atomic E-state index is -6.40. The summed E-state index contributed by atoms with van der Waals surface area (Å²) >= 11 is 0. The first kappa shape index (κ1) is 30.7. The highest BCUT2D eigenvalue weighted by Gasteiger charge is 2.75. The van der Waals surface area contributed by atoms with Crippen LogP contribution in [0.4, 0.5) is 30.7 Å². The van der Waals surface area contributed by atoms with E-state index in [1.54, 1.807) is 6.07 Å². The maximum atomic E-state index is 14.9. The molecule has 3 aliphatic rings. The number of sulfone groups is 2. The summed E-state index contributed by atoms with van der Waals surface area (Å²) in [6.45, 7) is -0.113. The van der Waals surface area contributed by atoms with Gasteiger partial charge in [-0.25, -0.2) is 21.2 Å². The number of benzene rings is 1. The Morgan fingerprint density at radius 1 is 0.905 bits per heavy atom. The van der Waals surface area contributed by atoms with Gasteiger partial charge in [0.25, 0.3) is 0 Å². The number of hydrogen-bond donors (Lipinski definition) is 0. The van der Waals surface area contributed by atoms with Gasteiger partial charge < -0.3 is 4.90 Å². The van der Waals surface area contributed by atoms with Gasteiger partial charge in [-0.3, -0.25) is 9.78 Å². The maximum absolute atomic E-state index is 14.9. The van der Waals surface area contributed by atoms with Gasteiger partial charge in [-0.1, -0.05) is 24.3 Å². The van der Waals surface area contributed by atoms with E-state index in [9.17, 15) is 52.4 Å². The van der Waals surface area contributed by atoms with Crippen LogP contribution in [-0.2, 0) is 41.3 Å². The fourth-order valence-corrected chi connectivity index (χ4v) is 10.3. The summed E-state index contributed by atoms with van der Waals surface area (Å²) in [5, 5.41) is 0. The lowest BCUT2D eigenvalue weighted by molar-refractivity contribution is -0.350. The molecule has 2 fully saturated rings. The van der Waals surface area contributed by atoms with Crippen LogP contribution >= 0.6 is 0 Å². The molecule has 0 bridgehead atoms. The molecule has 0 radical (unpaired) electrons. The molecule has 0 N–H and O–H groups in total. The Hall–Kier alpha value is -2.75. The number of hydrogen-bond acceptors (Lipinski definition) is 6. The van der Waals surface area contributed by atoms with Crippen molar-refractivity contribution in [2.24, 2.45) is 5.92 Å². The molecule has 5 rings (SSSR count). The van der Waals surface area contributed by atoms with Crippen molar-refractivity contribution < 1.29 is 52.4 Å². The van der Waals surface area contributed by atoms with E-state index in [1.807, 2.05) is 0 Å². The number of aryl methyl sites for hydroxylation is 1. The molecular formula is C26H25F7N2O5S2. The fourth-order valence-electron chi connectivity index (χ4n) is 6.46. The van der Waals surface area contributed by atoms with Gasteiger partial charge in [-0.05, 0) is 55.9 Å². The van der Waals surface area contributed by atoms with E-state index in [-0.39, 0.29) is 66.7 Å². The summed E-state index contributed by atoms with van der Waals surface area (Å²) in [4.78, 5) is 18.2. The minimum absolute atomic E-state index is 0.0395. The largest absolute Gasteiger partial charge is 0.437 e. The predicted molar refractivity (Wildman–Crippen MR) is 134 cm³/mol. The molecule has 7 nitrogen and oxygen atoms in total.